The number of amides is 1. The molecule has 0 aromatic carbocycles. The molecule has 1 aromatic heterocycles. The van der Waals surface area contributed by atoms with Crippen molar-refractivity contribution in [3.63, 3.8) is 0 Å². The van der Waals surface area contributed by atoms with E-state index in [1.807, 2.05) is 25.7 Å². The largest absolute Gasteiger partial charge is 0.384 e. The molecular weight excluding hydrogens is 252 g/mol. The summed E-state index contributed by atoms with van der Waals surface area (Å²) in [6.45, 7) is 7.30. The summed E-state index contributed by atoms with van der Waals surface area (Å²) in [6.07, 6.45) is 3.34. The molecule has 2 N–H and O–H groups in total. The summed E-state index contributed by atoms with van der Waals surface area (Å²) in [5.41, 5.74) is 8.30. The number of hydrogen-bond donors (Lipinski definition) is 1. The minimum atomic E-state index is -0.353. The average Bonchev–Trinajstić information content (AvgIpc) is 2.68. The fourth-order valence-electron chi connectivity index (χ4n) is 2.98. The predicted molar refractivity (Wildman–Crippen MR) is 78.2 cm³/mol. The fourth-order valence-corrected chi connectivity index (χ4v) is 2.98. The topological polar surface area (TPSA) is 75.0 Å². The maximum atomic E-state index is 12.6. The molecule has 1 saturated heterocycles. The summed E-state index contributed by atoms with van der Waals surface area (Å²) >= 11 is 0. The molecule has 5 nitrogen and oxygen atoms in total. The van der Waals surface area contributed by atoms with Crippen LogP contribution in [0.2, 0.25) is 0 Å². The molecule has 1 aliphatic heterocycles. The second-order valence-corrected chi connectivity index (χ2v) is 5.51. The zero-order chi connectivity index (χ0) is 14.9. The highest BCUT2D eigenvalue weighted by molar-refractivity contribution is 5.81. The number of hydrogen-bond acceptors (Lipinski definition) is 3. The molecule has 0 saturated carbocycles. The van der Waals surface area contributed by atoms with Gasteiger partial charge in [0.1, 0.15) is 17.9 Å². The number of likely N-dealkylation sites (tertiary alicyclic amines) is 1. The van der Waals surface area contributed by atoms with Gasteiger partial charge in [0.05, 0.1) is 5.56 Å². The third-order valence-electron chi connectivity index (χ3n) is 4.32. The van der Waals surface area contributed by atoms with E-state index in [0.717, 1.165) is 37.2 Å². The van der Waals surface area contributed by atoms with E-state index < -0.39 is 0 Å². The van der Waals surface area contributed by atoms with Crippen molar-refractivity contribution in [2.24, 2.45) is 0 Å². The van der Waals surface area contributed by atoms with Crippen LogP contribution in [0.1, 0.15) is 49.0 Å². The van der Waals surface area contributed by atoms with Crippen molar-refractivity contribution in [2.75, 3.05) is 18.8 Å². The van der Waals surface area contributed by atoms with Crippen LogP contribution in [0, 0.1) is 25.2 Å². The normalized spacial score (nSPS) is 16.8. The SMILES string of the molecule is Cc1c(C#N)c(N)n(C(C)C(=O)N2CCCCC2)c1C. The fraction of sp³-hybridized carbons (Fsp3) is 0.600. The number of aromatic nitrogens is 1. The van der Waals surface area contributed by atoms with Gasteiger partial charge in [-0.2, -0.15) is 5.26 Å². The molecule has 2 rings (SSSR count). The first-order valence-electron chi connectivity index (χ1n) is 7.14. The van der Waals surface area contributed by atoms with Gasteiger partial charge in [-0.15, -0.1) is 0 Å². The van der Waals surface area contributed by atoms with Crippen LogP contribution in [0.25, 0.3) is 0 Å². The summed E-state index contributed by atoms with van der Waals surface area (Å²) in [5, 5.41) is 9.17. The molecule has 0 aliphatic carbocycles. The number of nitriles is 1. The van der Waals surface area contributed by atoms with Gasteiger partial charge in [-0.1, -0.05) is 0 Å². The Kier molecular flexibility index (Phi) is 4.03. The van der Waals surface area contributed by atoms with Crippen LogP contribution in [0.3, 0.4) is 0 Å². The number of nitrogen functional groups attached to an aromatic ring is 1. The molecule has 1 unspecified atom stereocenters. The van der Waals surface area contributed by atoms with Gasteiger partial charge in [0.25, 0.3) is 0 Å². The molecule has 5 heteroatoms. The number of carbonyl (C=O) groups is 1. The molecule has 1 atom stereocenters. The quantitative estimate of drug-likeness (QED) is 0.897. The first kappa shape index (κ1) is 14.4. The third-order valence-corrected chi connectivity index (χ3v) is 4.32. The molecule has 20 heavy (non-hydrogen) atoms. The van der Waals surface area contributed by atoms with E-state index in [4.69, 9.17) is 11.0 Å². The number of carbonyl (C=O) groups excluding carboxylic acids is 1. The minimum Gasteiger partial charge on any atom is -0.384 e. The van der Waals surface area contributed by atoms with Crippen molar-refractivity contribution in [2.45, 2.75) is 46.1 Å². The van der Waals surface area contributed by atoms with Crippen molar-refractivity contribution >= 4 is 11.7 Å². The number of rotatable bonds is 2. The van der Waals surface area contributed by atoms with E-state index in [0.29, 0.717) is 11.4 Å². The van der Waals surface area contributed by atoms with Crippen LogP contribution in [0.5, 0.6) is 0 Å². The average molecular weight is 274 g/mol. The molecule has 1 aromatic rings. The van der Waals surface area contributed by atoms with Gasteiger partial charge in [-0.3, -0.25) is 4.79 Å². The highest BCUT2D eigenvalue weighted by atomic mass is 16.2. The second kappa shape index (κ2) is 5.58. The van der Waals surface area contributed by atoms with E-state index >= 15 is 0 Å². The summed E-state index contributed by atoms with van der Waals surface area (Å²) < 4.78 is 1.80. The van der Waals surface area contributed by atoms with Gasteiger partial charge < -0.3 is 15.2 Å². The van der Waals surface area contributed by atoms with E-state index in [-0.39, 0.29) is 11.9 Å². The highest BCUT2D eigenvalue weighted by Gasteiger charge is 2.27. The van der Waals surface area contributed by atoms with Crippen molar-refractivity contribution < 1.29 is 4.79 Å². The maximum absolute atomic E-state index is 12.6. The van der Waals surface area contributed by atoms with E-state index in [1.165, 1.54) is 6.42 Å². The summed E-state index contributed by atoms with van der Waals surface area (Å²) in [4.78, 5) is 14.5. The van der Waals surface area contributed by atoms with Gasteiger partial charge >= 0.3 is 0 Å². The van der Waals surface area contributed by atoms with E-state index in [9.17, 15) is 4.79 Å². The Hall–Kier alpha value is -1.96. The minimum absolute atomic E-state index is 0.0963. The molecule has 1 fully saturated rings. The number of nitrogens with two attached hydrogens (primary N) is 1. The number of piperidine rings is 1. The Morgan fingerprint density at radius 2 is 1.90 bits per heavy atom. The van der Waals surface area contributed by atoms with Crippen LogP contribution < -0.4 is 5.73 Å². The maximum Gasteiger partial charge on any atom is 0.245 e. The van der Waals surface area contributed by atoms with Gasteiger partial charge in [0.15, 0.2) is 0 Å². The van der Waals surface area contributed by atoms with Crippen LogP contribution >= 0.6 is 0 Å². The lowest BCUT2D eigenvalue weighted by Crippen LogP contribution is -2.40. The summed E-state index contributed by atoms with van der Waals surface area (Å²) in [5.74, 6) is 0.499. The van der Waals surface area contributed by atoms with Crippen LogP contribution in [0.4, 0.5) is 5.82 Å². The monoisotopic (exact) mass is 274 g/mol. The third kappa shape index (κ3) is 2.26. The standard InChI is InChI=1S/C15H22N4O/c1-10-11(2)19(14(17)13(10)9-16)12(3)15(20)18-7-5-4-6-8-18/h12H,4-8,17H2,1-3H3. The molecule has 2 heterocycles. The van der Waals surface area contributed by atoms with Gasteiger partial charge in [-0.05, 0) is 45.6 Å². The van der Waals surface area contributed by atoms with Crippen molar-refractivity contribution in [3.8, 4) is 6.07 Å². The molecule has 108 valence electrons. The molecule has 0 spiro atoms. The summed E-state index contributed by atoms with van der Waals surface area (Å²) in [7, 11) is 0. The van der Waals surface area contributed by atoms with Gasteiger partial charge in [-0.25, -0.2) is 0 Å². The molecule has 1 aliphatic rings. The number of anilines is 1. The van der Waals surface area contributed by atoms with Crippen LogP contribution in [-0.4, -0.2) is 28.5 Å². The first-order valence-corrected chi connectivity index (χ1v) is 7.14. The smallest absolute Gasteiger partial charge is 0.245 e. The van der Waals surface area contributed by atoms with Crippen molar-refractivity contribution in [1.29, 1.82) is 5.26 Å². The second-order valence-electron chi connectivity index (χ2n) is 5.51. The lowest BCUT2D eigenvalue weighted by molar-refractivity contribution is -0.135. The Morgan fingerprint density at radius 3 is 2.40 bits per heavy atom. The Labute approximate surface area is 120 Å². The zero-order valence-corrected chi connectivity index (χ0v) is 12.4. The lowest BCUT2D eigenvalue weighted by Gasteiger charge is -2.30. The Balaban J connectivity index is 2.31. The van der Waals surface area contributed by atoms with Crippen LogP contribution in [-0.2, 0) is 4.79 Å². The van der Waals surface area contributed by atoms with Crippen molar-refractivity contribution in [3.05, 3.63) is 16.8 Å². The Bertz CT molecular complexity index is 561. The predicted octanol–water partition coefficient (Wildman–Crippen LogP) is 2.13. The lowest BCUT2D eigenvalue weighted by atomic mass is 10.1. The summed E-state index contributed by atoms with van der Waals surface area (Å²) in [6, 6.07) is 1.77. The Morgan fingerprint density at radius 1 is 1.30 bits per heavy atom. The zero-order valence-electron chi connectivity index (χ0n) is 12.4. The van der Waals surface area contributed by atoms with Gasteiger partial charge in [0, 0.05) is 18.8 Å². The van der Waals surface area contributed by atoms with E-state index in [2.05, 4.69) is 6.07 Å². The van der Waals surface area contributed by atoms with Crippen LogP contribution in [0.15, 0.2) is 0 Å². The van der Waals surface area contributed by atoms with E-state index in [1.54, 1.807) is 4.57 Å². The molecule has 0 bridgehead atoms. The van der Waals surface area contributed by atoms with Crippen molar-refractivity contribution in [1.82, 2.24) is 9.47 Å². The molecular formula is C15H22N4O. The molecule has 1 amide bonds. The highest BCUT2D eigenvalue weighted by Crippen LogP contribution is 2.28. The van der Waals surface area contributed by atoms with Gasteiger partial charge in [0.2, 0.25) is 5.91 Å². The number of nitrogens with zero attached hydrogens (tertiary/aromatic N) is 3. The first-order chi connectivity index (χ1) is 9.49. The molecule has 0 radical (unpaired) electrons.